The maximum absolute atomic E-state index is 13.9. The van der Waals surface area contributed by atoms with Gasteiger partial charge in [-0.1, -0.05) is 36.0 Å². The molecule has 0 fully saturated rings. The topological polar surface area (TPSA) is 55.7 Å². The van der Waals surface area contributed by atoms with Crippen LogP contribution in [-0.4, -0.2) is 5.97 Å². The van der Waals surface area contributed by atoms with Gasteiger partial charge in [-0.05, 0) is 66.2 Å². The number of nitrogens with zero attached hydrogens (tertiary/aromatic N) is 1. The molecule has 0 unspecified atom stereocenters. The SMILES string of the molecule is C=CC.O=Nc1ccc(C(=O)O[C@H]2Cc3ccccc3Sc3ccc(F)cc32)cc1. The van der Waals surface area contributed by atoms with E-state index >= 15 is 0 Å². The lowest BCUT2D eigenvalue weighted by Gasteiger charge is -2.18. The van der Waals surface area contributed by atoms with Crippen LogP contribution in [0, 0.1) is 10.7 Å². The maximum atomic E-state index is 13.9. The molecule has 0 amide bonds. The Morgan fingerprint density at radius 1 is 1.13 bits per heavy atom. The molecule has 0 saturated carbocycles. The van der Waals surface area contributed by atoms with Crippen LogP contribution in [0.5, 0.6) is 0 Å². The van der Waals surface area contributed by atoms with Crippen LogP contribution in [0.25, 0.3) is 0 Å². The number of benzene rings is 3. The molecule has 0 radical (unpaired) electrons. The molecule has 0 N–H and O–H groups in total. The first-order valence-corrected chi connectivity index (χ1v) is 10.1. The van der Waals surface area contributed by atoms with Crippen molar-refractivity contribution in [2.45, 2.75) is 29.2 Å². The summed E-state index contributed by atoms with van der Waals surface area (Å²) in [4.78, 5) is 25.0. The quantitative estimate of drug-likeness (QED) is 0.259. The summed E-state index contributed by atoms with van der Waals surface area (Å²) in [6.07, 6.45) is 1.60. The first kappa shape index (κ1) is 21.5. The molecule has 0 saturated heterocycles. The number of rotatable bonds is 3. The molecular weight excluding hydrogens is 401 g/mol. The summed E-state index contributed by atoms with van der Waals surface area (Å²) >= 11 is 1.54. The first-order valence-electron chi connectivity index (χ1n) is 9.32. The highest BCUT2D eigenvalue weighted by Crippen LogP contribution is 2.42. The van der Waals surface area contributed by atoms with Gasteiger partial charge in [0.15, 0.2) is 0 Å². The van der Waals surface area contributed by atoms with E-state index in [0.29, 0.717) is 17.5 Å². The third-order valence-electron chi connectivity index (χ3n) is 4.37. The number of fused-ring (bicyclic) bond motifs is 2. The van der Waals surface area contributed by atoms with Crippen molar-refractivity contribution in [3.63, 3.8) is 0 Å². The second-order valence-corrected chi connectivity index (χ2v) is 7.62. The minimum absolute atomic E-state index is 0.235. The summed E-state index contributed by atoms with van der Waals surface area (Å²) in [6, 6.07) is 18.3. The number of hydrogen-bond acceptors (Lipinski definition) is 5. The lowest BCUT2D eigenvalue weighted by Crippen LogP contribution is -2.14. The number of nitroso groups, excluding NO2 is 1. The summed E-state index contributed by atoms with van der Waals surface area (Å²) < 4.78 is 19.6. The van der Waals surface area contributed by atoms with Gasteiger partial charge in [-0.15, -0.1) is 11.5 Å². The van der Waals surface area contributed by atoms with E-state index in [-0.39, 0.29) is 11.5 Å². The van der Waals surface area contributed by atoms with Crippen molar-refractivity contribution >= 4 is 23.4 Å². The second kappa shape index (κ2) is 9.98. The molecule has 1 heterocycles. The molecule has 3 aromatic rings. The largest absolute Gasteiger partial charge is 0.453 e. The molecule has 152 valence electrons. The van der Waals surface area contributed by atoms with E-state index in [1.54, 1.807) is 12.1 Å². The number of halogens is 1. The zero-order valence-corrected chi connectivity index (χ0v) is 17.2. The molecule has 3 aromatic carbocycles. The normalized spacial score (nSPS) is 14.1. The van der Waals surface area contributed by atoms with Crippen molar-refractivity contribution in [3.05, 3.63) is 107 Å². The molecule has 30 heavy (non-hydrogen) atoms. The molecular formula is C24H20FNO3S. The van der Waals surface area contributed by atoms with Crippen molar-refractivity contribution in [2.24, 2.45) is 5.18 Å². The van der Waals surface area contributed by atoms with Crippen LogP contribution >= 0.6 is 11.8 Å². The Balaban J connectivity index is 0.000000806. The molecule has 1 atom stereocenters. The number of esters is 1. The number of ether oxygens (including phenoxy) is 1. The number of allylic oxidation sites excluding steroid dienone is 1. The van der Waals surface area contributed by atoms with Crippen molar-refractivity contribution < 1.29 is 13.9 Å². The number of carbonyl (C=O) groups excluding carboxylic acids is 1. The van der Waals surface area contributed by atoms with Gasteiger partial charge < -0.3 is 4.74 Å². The Hall–Kier alpha value is -3.25. The Morgan fingerprint density at radius 3 is 2.53 bits per heavy atom. The van der Waals surface area contributed by atoms with E-state index in [2.05, 4.69) is 11.8 Å². The summed E-state index contributed by atoms with van der Waals surface area (Å²) in [6.45, 7) is 5.25. The summed E-state index contributed by atoms with van der Waals surface area (Å²) in [5.41, 5.74) is 2.23. The third kappa shape index (κ3) is 5.02. The third-order valence-corrected chi connectivity index (χ3v) is 5.58. The van der Waals surface area contributed by atoms with Gasteiger partial charge in [0, 0.05) is 21.8 Å². The van der Waals surface area contributed by atoms with Crippen LogP contribution in [-0.2, 0) is 11.2 Å². The molecule has 0 spiro atoms. The van der Waals surface area contributed by atoms with E-state index in [4.69, 9.17) is 4.74 Å². The Labute approximate surface area is 178 Å². The minimum Gasteiger partial charge on any atom is -0.453 e. The fraction of sp³-hybridized carbons (Fsp3) is 0.125. The first-order chi connectivity index (χ1) is 14.5. The van der Waals surface area contributed by atoms with E-state index < -0.39 is 12.1 Å². The number of carbonyl (C=O) groups is 1. The van der Waals surface area contributed by atoms with Gasteiger partial charge in [-0.2, -0.15) is 0 Å². The molecule has 0 aliphatic carbocycles. The van der Waals surface area contributed by atoms with Gasteiger partial charge in [0.25, 0.3) is 0 Å². The van der Waals surface area contributed by atoms with Crippen LogP contribution in [0.2, 0.25) is 0 Å². The van der Waals surface area contributed by atoms with Gasteiger partial charge in [0.1, 0.15) is 17.6 Å². The molecule has 1 aliphatic rings. The van der Waals surface area contributed by atoms with Crippen LogP contribution in [0.3, 0.4) is 0 Å². The van der Waals surface area contributed by atoms with E-state index in [1.807, 2.05) is 31.2 Å². The Kier molecular flexibility index (Phi) is 7.14. The number of hydrogen-bond donors (Lipinski definition) is 0. The summed E-state index contributed by atoms with van der Waals surface area (Å²) in [5.74, 6) is -0.903. The molecule has 6 heteroatoms. The maximum Gasteiger partial charge on any atom is 0.338 e. The van der Waals surface area contributed by atoms with Crippen molar-refractivity contribution in [1.29, 1.82) is 0 Å². The van der Waals surface area contributed by atoms with Crippen LogP contribution in [0.4, 0.5) is 10.1 Å². The van der Waals surface area contributed by atoms with E-state index in [0.717, 1.165) is 15.4 Å². The minimum atomic E-state index is -0.608. The van der Waals surface area contributed by atoms with Gasteiger partial charge >= 0.3 is 5.97 Å². The fourth-order valence-electron chi connectivity index (χ4n) is 3.02. The van der Waals surface area contributed by atoms with Crippen LogP contribution in [0.15, 0.2) is 94.4 Å². The van der Waals surface area contributed by atoms with Gasteiger partial charge in [0.05, 0.1) is 5.56 Å². The lowest BCUT2D eigenvalue weighted by molar-refractivity contribution is 0.0291. The second-order valence-electron chi connectivity index (χ2n) is 6.54. The molecule has 4 rings (SSSR count). The predicted octanol–water partition coefficient (Wildman–Crippen LogP) is 7.02. The van der Waals surface area contributed by atoms with Gasteiger partial charge in [0.2, 0.25) is 0 Å². The Bertz CT molecular complexity index is 1070. The standard InChI is InChI=1S/C21H14FNO3S.C3H6/c22-15-7-10-20-17(12-15)18(11-14-3-1-2-4-19(14)27-20)26-21(24)13-5-8-16(23-25)9-6-13;1-3-2/h1-10,12,18H,11H2;3H,1H2,2H3/t18-;/m0./s1. The molecule has 1 aliphatic heterocycles. The monoisotopic (exact) mass is 421 g/mol. The molecule has 4 nitrogen and oxygen atoms in total. The highest BCUT2D eigenvalue weighted by Gasteiger charge is 2.26. The van der Waals surface area contributed by atoms with Crippen LogP contribution < -0.4 is 0 Å². The van der Waals surface area contributed by atoms with E-state index in [9.17, 15) is 14.1 Å². The van der Waals surface area contributed by atoms with Gasteiger partial charge in [-0.3, -0.25) is 0 Å². The van der Waals surface area contributed by atoms with Crippen molar-refractivity contribution in [1.82, 2.24) is 0 Å². The fourth-order valence-corrected chi connectivity index (χ4v) is 4.14. The lowest BCUT2D eigenvalue weighted by atomic mass is 10.0. The van der Waals surface area contributed by atoms with Crippen LogP contribution in [0.1, 0.15) is 34.5 Å². The van der Waals surface area contributed by atoms with Crippen molar-refractivity contribution in [3.8, 4) is 0 Å². The smallest absolute Gasteiger partial charge is 0.338 e. The summed E-state index contributed by atoms with van der Waals surface area (Å²) in [7, 11) is 0. The predicted molar refractivity (Wildman–Crippen MR) is 117 cm³/mol. The average molecular weight is 421 g/mol. The zero-order chi connectivity index (χ0) is 21.5. The van der Waals surface area contributed by atoms with E-state index in [1.165, 1.54) is 48.2 Å². The summed E-state index contributed by atoms with van der Waals surface area (Å²) in [5, 5.41) is 2.82. The highest BCUT2D eigenvalue weighted by molar-refractivity contribution is 7.99. The highest BCUT2D eigenvalue weighted by atomic mass is 32.2. The molecule has 0 bridgehead atoms. The van der Waals surface area contributed by atoms with Crippen molar-refractivity contribution in [2.75, 3.05) is 0 Å². The van der Waals surface area contributed by atoms with Gasteiger partial charge in [-0.25, -0.2) is 9.18 Å². The Morgan fingerprint density at radius 2 is 1.83 bits per heavy atom. The molecule has 0 aromatic heterocycles. The average Bonchev–Trinajstić information content (AvgIpc) is 2.91. The zero-order valence-electron chi connectivity index (χ0n) is 16.4.